The predicted molar refractivity (Wildman–Crippen MR) is 51.4 cm³/mol. The number of hydrogen-bond donors (Lipinski definition) is 1. The van der Waals surface area contributed by atoms with Crippen LogP contribution < -0.4 is 4.74 Å². The maximum Gasteiger partial charge on any atom is 0.387 e. The summed E-state index contributed by atoms with van der Waals surface area (Å²) in [4.78, 5) is 20.5. The Kier molecular flexibility index (Phi) is 3.56. The number of benzene rings is 1. The van der Waals surface area contributed by atoms with E-state index < -0.39 is 34.5 Å². The Labute approximate surface area is 93.6 Å². The Balaban J connectivity index is 3.47. The van der Waals surface area contributed by atoms with Crippen molar-refractivity contribution in [1.29, 1.82) is 0 Å². The number of aromatic carboxylic acids is 1. The van der Waals surface area contributed by atoms with Crippen molar-refractivity contribution in [3.05, 3.63) is 33.4 Å². The van der Waals surface area contributed by atoms with E-state index in [1.54, 1.807) is 0 Å². The summed E-state index contributed by atoms with van der Waals surface area (Å²) in [6, 6.07) is 2.10. The van der Waals surface area contributed by atoms with Gasteiger partial charge in [0.25, 0.3) is 0 Å². The van der Waals surface area contributed by atoms with Crippen LogP contribution in [0.1, 0.15) is 15.9 Å². The first-order valence-electron chi connectivity index (χ1n) is 4.30. The number of carbonyl (C=O) groups is 1. The predicted octanol–water partition coefficient (Wildman–Crippen LogP) is 2.20. The van der Waals surface area contributed by atoms with Crippen molar-refractivity contribution in [3.63, 3.8) is 0 Å². The summed E-state index contributed by atoms with van der Waals surface area (Å²) in [6.45, 7) is -1.94. The Morgan fingerprint density at radius 2 is 2.12 bits per heavy atom. The van der Waals surface area contributed by atoms with Gasteiger partial charge in [0.15, 0.2) is 0 Å². The van der Waals surface area contributed by atoms with Crippen LogP contribution >= 0.6 is 0 Å². The molecule has 0 aliphatic heterocycles. The molecule has 0 fully saturated rings. The molecule has 0 saturated carbocycles. The lowest BCUT2D eigenvalue weighted by Crippen LogP contribution is -2.10. The first-order valence-corrected chi connectivity index (χ1v) is 4.30. The number of rotatable bonds is 4. The van der Waals surface area contributed by atoms with Gasteiger partial charge in [0.05, 0.1) is 4.92 Å². The Morgan fingerprint density at radius 3 is 2.53 bits per heavy atom. The van der Waals surface area contributed by atoms with Gasteiger partial charge < -0.3 is 9.84 Å². The molecular formula is C9H7F2NO5. The first kappa shape index (κ1) is 12.8. The fourth-order valence-electron chi connectivity index (χ4n) is 1.32. The van der Waals surface area contributed by atoms with Gasteiger partial charge in [-0.15, -0.1) is 0 Å². The number of carboxylic acid groups (broad SMARTS) is 1. The largest absolute Gasteiger partial charge is 0.477 e. The molecule has 17 heavy (non-hydrogen) atoms. The second-order valence-corrected chi connectivity index (χ2v) is 3.04. The third kappa shape index (κ3) is 2.65. The topological polar surface area (TPSA) is 89.7 Å². The van der Waals surface area contributed by atoms with E-state index in [1.165, 1.54) is 6.92 Å². The van der Waals surface area contributed by atoms with Crippen molar-refractivity contribution in [2.75, 3.05) is 0 Å². The summed E-state index contributed by atoms with van der Waals surface area (Å²) >= 11 is 0. The number of halogens is 2. The standard InChI is InChI=1S/C9H7F2NO5/c1-4-2-3-5(17-9(10)11)7(12(15)16)6(4)8(13)14/h2-3,9H,1H3,(H,13,14). The van der Waals surface area contributed by atoms with Crippen LogP contribution in [0, 0.1) is 17.0 Å². The van der Waals surface area contributed by atoms with Crippen molar-refractivity contribution in [3.8, 4) is 5.75 Å². The van der Waals surface area contributed by atoms with Crippen LogP contribution in [-0.2, 0) is 0 Å². The van der Waals surface area contributed by atoms with Gasteiger partial charge >= 0.3 is 18.3 Å². The quantitative estimate of drug-likeness (QED) is 0.650. The van der Waals surface area contributed by atoms with Crippen molar-refractivity contribution in [2.45, 2.75) is 13.5 Å². The zero-order chi connectivity index (χ0) is 13.2. The lowest BCUT2D eigenvalue weighted by molar-refractivity contribution is -0.386. The molecule has 0 atom stereocenters. The molecule has 0 spiro atoms. The van der Waals surface area contributed by atoms with E-state index in [2.05, 4.69) is 4.74 Å². The summed E-state index contributed by atoms with van der Waals surface area (Å²) in [7, 11) is 0. The molecular weight excluding hydrogens is 240 g/mol. The van der Waals surface area contributed by atoms with Gasteiger partial charge in [-0.25, -0.2) is 4.79 Å². The first-order chi connectivity index (χ1) is 7.84. The molecule has 0 unspecified atom stereocenters. The highest BCUT2D eigenvalue weighted by Gasteiger charge is 2.29. The van der Waals surface area contributed by atoms with Crippen molar-refractivity contribution in [2.24, 2.45) is 0 Å². The SMILES string of the molecule is Cc1ccc(OC(F)F)c([N+](=O)[O-])c1C(=O)O. The van der Waals surface area contributed by atoms with E-state index in [4.69, 9.17) is 5.11 Å². The summed E-state index contributed by atoms with van der Waals surface area (Å²) < 4.78 is 27.9. The molecule has 0 amide bonds. The third-order valence-corrected chi connectivity index (χ3v) is 1.96. The van der Waals surface area contributed by atoms with E-state index in [9.17, 15) is 23.7 Å². The van der Waals surface area contributed by atoms with Crippen LogP contribution in [0.25, 0.3) is 0 Å². The monoisotopic (exact) mass is 247 g/mol. The van der Waals surface area contributed by atoms with Gasteiger partial charge in [0.2, 0.25) is 5.75 Å². The molecule has 1 aromatic rings. The van der Waals surface area contributed by atoms with Crippen molar-refractivity contribution < 1.29 is 28.3 Å². The Morgan fingerprint density at radius 1 is 1.53 bits per heavy atom. The number of hydrogen-bond acceptors (Lipinski definition) is 4. The highest BCUT2D eigenvalue weighted by atomic mass is 19.3. The zero-order valence-electron chi connectivity index (χ0n) is 8.52. The average molecular weight is 247 g/mol. The normalized spacial score (nSPS) is 10.4. The highest BCUT2D eigenvalue weighted by molar-refractivity contribution is 5.95. The maximum absolute atomic E-state index is 12.0. The zero-order valence-corrected chi connectivity index (χ0v) is 8.52. The van der Waals surface area contributed by atoms with Crippen LogP contribution in [0.5, 0.6) is 5.75 Å². The third-order valence-electron chi connectivity index (χ3n) is 1.96. The summed E-state index contributed by atoms with van der Waals surface area (Å²) in [5, 5.41) is 19.5. The lowest BCUT2D eigenvalue weighted by atomic mass is 10.1. The smallest absolute Gasteiger partial charge is 0.387 e. The van der Waals surface area contributed by atoms with Crippen LogP contribution in [-0.4, -0.2) is 22.6 Å². The fourth-order valence-corrected chi connectivity index (χ4v) is 1.32. The second-order valence-electron chi connectivity index (χ2n) is 3.04. The Bertz CT molecular complexity index is 475. The van der Waals surface area contributed by atoms with Crippen LogP contribution in [0.2, 0.25) is 0 Å². The number of nitro benzene ring substituents is 1. The molecule has 1 N–H and O–H groups in total. The Hall–Kier alpha value is -2.25. The fraction of sp³-hybridized carbons (Fsp3) is 0.222. The number of nitrogens with zero attached hydrogens (tertiary/aromatic N) is 1. The van der Waals surface area contributed by atoms with E-state index >= 15 is 0 Å². The van der Waals surface area contributed by atoms with Crippen LogP contribution in [0.4, 0.5) is 14.5 Å². The van der Waals surface area contributed by atoms with Crippen LogP contribution in [0.3, 0.4) is 0 Å². The molecule has 1 rings (SSSR count). The minimum absolute atomic E-state index is 0.0887. The molecule has 1 aromatic carbocycles. The highest BCUT2D eigenvalue weighted by Crippen LogP contribution is 2.34. The molecule has 0 radical (unpaired) electrons. The van der Waals surface area contributed by atoms with E-state index in [1.807, 2.05) is 0 Å². The molecule has 92 valence electrons. The maximum atomic E-state index is 12.0. The average Bonchev–Trinajstić information content (AvgIpc) is 2.18. The number of carboxylic acids is 1. The summed E-state index contributed by atoms with van der Waals surface area (Å²) in [5.74, 6) is -2.35. The molecule has 8 heteroatoms. The summed E-state index contributed by atoms with van der Waals surface area (Å²) in [5.41, 5.74) is -1.54. The van der Waals surface area contributed by atoms with Gasteiger partial charge in [-0.2, -0.15) is 8.78 Å². The van der Waals surface area contributed by atoms with E-state index in [0.717, 1.165) is 12.1 Å². The number of aryl methyl sites for hydroxylation is 1. The molecule has 0 aromatic heterocycles. The minimum Gasteiger partial charge on any atom is -0.477 e. The van der Waals surface area contributed by atoms with Gasteiger partial charge in [0, 0.05) is 0 Å². The second kappa shape index (κ2) is 4.73. The van der Waals surface area contributed by atoms with Gasteiger partial charge in [-0.3, -0.25) is 10.1 Å². The lowest BCUT2D eigenvalue weighted by Gasteiger charge is -2.08. The van der Waals surface area contributed by atoms with Crippen molar-refractivity contribution >= 4 is 11.7 Å². The number of ether oxygens (including phenoxy) is 1. The van der Waals surface area contributed by atoms with Crippen LogP contribution in [0.15, 0.2) is 12.1 Å². The minimum atomic E-state index is -3.27. The number of alkyl halides is 2. The van der Waals surface area contributed by atoms with Gasteiger partial charge in [-0.05, 0) is 18.6 Å². The van der Waals surface area contributed by atoms with E-state index in [0.29, 0.717) is 0 Å². The van der Waals surface area contributed by atoms with Gasteiger partial charge in [-0.1, -0.05) is 6.07 Å². The molecule has 0 aliphatic rings. The van der Waals surface area contributed by atoms with Gasteiger partial charge in [0.1, 0.15) is 5.56 Å². The molecule has 0 aliphatic carbocycles. The molecule has 0 heterocycles. The molecule has 6 nitrogen and oxygen atoms in total. The number of nitro groups is 1. The van der Waals surface area contributed by atoms with Crippen molar-refractivity contribution in [1.82, 2.24) is 0 Å². The molecule has 0 saturated heterocycles. The summed E-state index contributed by atoms with van der Waals surface area (Å²) in [6.07, 6.45) is 0. The molecule has 0 bridgehead atoms. The van der Waals surface area contributed by atoms with E-state index in [-0.39, 0.29) is 5.56 Å².